The number of benzene rings is 1. The Morgan fingerprint density at radius 1 is 1.36 bits per heavy atom. The second-order valence-corrected chi connectivity index (χ2v) is 2.38. The van der Waals surface area contributed by atoms with Crippen molar-refractivity contribution in [3.05, 3.63) is 36.8 Å². The van der Waals surface area contributed by atoms with Gasteiger partial charge in [-0.1, -0.05) is 24.1 Å². The SMILES string of the molecule is [C]#CC(C)Nc1ccccc1. The monoisotopic (exact) mass is 144 g/mol. The molecule has 0 bridgehead atoms. The van der Waals surface area contributed by atoms with Gasteiger partial charge in [-0.3, -0.25) is 0 Å². The van der Waals surface area contributed by atoms with Crippen LogP contribution < -0.4 is 5.32 Å². The van der Waals surface area contributed by atoms with E-state index >= 15 is 0 Å². The van der Waals surface area contributed by atoms with Crippen LogP contribution in [0.2, 0.25) is 0 Å². The fourth-order valence-corrected chi connectivity index (χ4v) is 0.820. The number of hydrogen-bond acceptors (Lipinski definition) is 1. The largest absolute Gasteiger partial charge is 0.372 e. The standard InChI is InChI=1S/C10H10N/c1-3-9(2)11-10-7-5-4-6-8-10/h4-9,11H,2H3. The summed E-state index contributed by atoms with van der Waals surface area (Å²) in [5.41, 5.74) is 1.03. The van der Waals surface area contributed by atoms with Crippen molar-refractivity contribution in [2.45, 2.75) is 13.0 Å². The Morgan fingerprint density at radius 3 is 2.55 bits per heavy atom. The van der Waals surface area contributed by atoms with Crippen LogP contribution in [0.3, 0.4) is 0 Å². The number of anilines is 1. The summed E-state index contributed by atoms with van der Waals surface area (Å²) in [4.78, 5) is 0. The Hall–Kier alpha value is -1.42. The summed E-state index contributed by atoms with van der Waals surface area (Å²) in [5, 5.41) is 3.09. The summed E-state index contributed by atoms with van der Waals surface area (Å²) in [6.45, 7) is 1.89. The Bertz CT molecular complexity index is 245. The zero-order chi connectivity index (χ0) is 8.10. The van der Waals surface area contributed by atoms with Gasteiger partial charge in [0.2, 0.25) is 0 Å². The lowest BCUT2D eigenvalue weighted by molar-refractivity contribution is 1.03. The van der Waals surface area contributed by atoms with Gasteiger partial charge in [0.15, 0.2) is 0 Å². The van der Waals surface area contributed by atoms with Crippen LogP contribution in [0.4, 0.5) is 5.69 Å². The highest BCUT2D eigenvalue weighted by Gasteiger charge is 1.93. The molecule has 11 heavy (non-hydrogen) atoms. The highest BCUT2D eigenvalue weighted by Crippen LogP contribution is 2.05. The molecule has 0 aromatic heterocycles. The van der Waals surface area contributed by atoms with Gasteiger partial charge in [-0.25, -0.2) is 0 Å². The van der Waals surface area contributed by atoms with Crippen LogP contribution in [-0.2, 0) is 0 Å². The molecule has 0 saturated carbocycles. The van der Waals surface area contributed by atoms with E-state index in [1.54, 1.807) is 0 Å². The maximum atomic E-state index is 6.85. The molecule has 0 aliphatic heterocycles. The second kappa shape index (κ2) is 3.68. The predicted molar refractivity (Wildman–Crippen MR) is 46.7 cm³/mol. The first-order valence-corrected chi connectivity index (χ1v) is 3.57. The van der Waals surface area contributed by atoms with Crippen molar-refractivity contribution in [1.29, 1.82) is 0 Å². The molecule has 1 radical (unpaired) electrons. The van der Waals surface area contributed by atoms with E-state index in [-0.39, 0.29) is 6.04 Å². The van der Waals surface area contributed by atoms with Crippen LogP contribution in [0, 0.1) is 12.3 Å². The van der Waals surface area contributed by atoms with E-state index in [9.17, 15) is 0 Å². The van der Waals surface area contributed by atoms with E-state index in [1.165, 1.54) is 0 Å². The zero-order valence-electron chi connectivity index (χ0n) is 6.46. The van der Waals surface area contributed by atoms with Gasteiger partial charge in [-0.15, -0.1) is 0 Å². The van der Waals surface area contributed by atoms with Crippen LogP contribution in [0.5, 0.6) is 0 Å². The molecule has 0 fully saturated rings. The van der Waals surface area contributed by atoms with Gasteiger partial charge in [0, 0.05) is 5.69 Å². The van der Waals surface area contributed by atoms with Gasteiger partial charge < -0.3 is 5.32 Å². The van der Waals surface area contributed by atoms with Crippen molar-refractivity contribution in [3.63, 3.8) is 0 Å². The molecule has 55 valence electrons. The summed E-state index contributed by atoms with van der Waals surface area (Å²) in [6.07, 6.45) is 6.85. The second-order valence-electron chi connectivity index (χ2n) is 2.38. The van der Waals surface area contributed by atoms with Crippen LogP contribution >= 0.6 is 0 Å². The highest BCUT2D eigenvalue weighted by atomic mass is 14.9. The molecular formula is C10H10N. The molecule has 1 atom stereocenters. The van der Waals surface area contributed by atoms with Crippen LogP contribution in [0.1, 0.15) is 6.92 Å². The summed E-state index contributed by atoms with van der Waals surface area (Å²) < 4.78 is 0. The molecule has 0 saturated heterocycles. The number of para-hydroxylation sites is 1. The van der Waals surface area contributed by atoms with Crippen molar-refractivity contribution in [3.8, 4) is 5.92 Å². The smallest absolute Gasteiger partial charge is 0.0858 e. The maximum absolute atomic E-state index is 6.85. The molecule has 1 heteroatoms. The molecule has 1 aromatic rings. The lowest BCUT2D eigenvalue weighted by atomic mass is 10.3. The van der Waals surface area contributed by atoms with Gasteiger partial charge in [0.25, 0.3) is 0 Å². The maximum Gasteiger partial charge on any atom is 0.0858 e. The molecule has 0 heterocycles. The molecule has 1 nitrogen and oxygen atoms in total. The summed E-state index contributed by atoms with van der Waals surface area (Å²) in [5.74, 6) is 2.35. The Balaban J connectivity index is 2.60. The first-order valence-electron chi connectivity index (χ1n) is 3.57. The van der Waals surface area contributed by atoms with Gasteiger partial charge in [0.05, 0.1) is 6.04 Å². The van der Waals surface area contributed by atoms with E-state index in [4.69, 9.17) is 6.42 Å². The minimum Gasteiger partial charge on any atom is -0.372 e. The number of nitrogens with one attached hydrogen (secondary N) is 1. The first-order chi connectivity index (χ1) is 5.33. The third-order valence-electron chi connectivity index (χ3n) is 1.37. The molecule has 0 aliphatic carbocycles. The summed E-state index contributed by atoms with van der Waals surface area (Å²) in [7, 11) is 0. The minimum atomic E-state index is -0.0163. The van der Waals surface area contributed by atoms with Gasteiger partial charge in [-0.2, -0.15) is 0 Å². The topological polar surface area (TPSA) is 12.0 Å². The van der Waals surface area contributed by atoms with Gasteiger partial charge in [-0.05, 0) is 25.5 Å². The van der Waals surface area contributed by atoms with Gasteiger partial charge in [0.1, 0.15) is 0 Å². The molecule has 1 rings (SSSR count). The predicted octanol–water partition coefficient (Wildman–Crippen LogP) is 2.08. The minimum absolute atomic E-state index is 0.0163. The van der Waals surface area contributed by atoms with Crippen LogP contribution in [0.15, 0.2) is 30.3 Å². The van der Waals surface area contributed by atoms with E-state index in [0.717, 1.165) is 5.69 Å². The average molecular weight is 144 g/mol. The lowest BCUT2D eigenvalue weighted by Crippen LogP contribution is -2.11. The van der Waals surface area contributed by atoms with Crippen molar-refractivity contribution in [1.82, 2.24) is 0 Å². The summed E-state index contributed by atoms with van der Waals surface area (Å²) >= 11 is 0. The highest BCUT2D eigenvalue weighted by molar-refractivity contribution is 5.44. The molecular weight excluding hydrogens is 134 g/mol. The fraction of sp³-hybridized carbons (Fsp3) is 0.200. The number of hydrogen-bond donors (Lipinski definition) is 1. The molecule has 0 spiro atoms. The Kier molecular flexibility index (Phi) is 2.57. The van der Waals surface area contributed by atoms with E-state index in [2.05, 4.69) is 11.2 Å². The van der Waals surface area contributed by atoms with Crippen molar-refractivity contribution >= 4 is 5.69 Å². The van der Waals surface area contributed by atoms with E-state index in [0.29, 0.717) is 0 Å². The first kappa shape index (κ1) is 7.68. The van der Waals surface area contributed by atoms with E-state index < -0.39 is 0 Å². The van der Waals surface area contributed by atoms with Gasteiger partial charge >= 0.3 is 0 Å². The Labute approximate surface area is 67.4 Å². The zero-order valence-corrected chi connectivity index (χ0v) is 6.46. The normalized spacial score (nSPS) is 11.6. The van der Waals surface area contributed by atoms with Crippen molar-refractivity contribution in [2.24, 2.45) is 0 Å². The van der Waals surface area contributed by atoms with Crippen LogP contribution in [0.25, 0.3) is 0 Å². The molecule has 0 amide bonds. The molecule has 1 unspecified atom stereocenters. The third-order valence-corrected chi connectivity index (χ3v) is 1.37. The van der Waals surface area contributed by atoms with Crippen molar-refractivity contribution in [2.75, 3.05) is 5.32 Å². The van der Waals surface area contributed by atoms with Crippen LogP contribution in [-0.4, -0.2) is 6.04 Å². The average Bonchev–Trinajstić information content (AvgIpc) is 2.06. The number of rotatable bonds is 2. The Morgan fingerprint density at radius 2 is 2.00 bits per heavy atom. The van der Waals surface area contributed by atoms with E-state index in [1.807, 2.05) is 37.3 Å². The quantitative estimate of drug-likeness (QED) is 0.626. The molecule has 1 N–H and O–H groups in total. The fourth-order valence-electron chi connectivity index (χ4n) is 0.820. The molecule has 1 aromatic carbocycles. The third kappa shape index (κ3) is 2.35. The lowest BCUT2D eigenvalue weighted by Gasteiger charge is -2.07. The summed E-state index contributed by atoms with van der Waals surface area (Å²) in [6, 6.07) is 9.79. The molecule has 0 aliphatic rings. The van der Waals surface area contributed by atoms with Crippen molar-refractivity contribution < 1.29 is 0 Å².